The molecule has 1 saturated heterocycles. The monoisotopic (exact) mass is 564 g/mol. The van der Waals surface area contributed by atoms with E-state index in [1.807, 2.05) is 9.58 Å². The van der Waals surface area contributed by atoms with Crippen molar-refractivity contribution in [2.75, 3.05) is 30.8 Å². The van der Waals surface area contributed by atoms with Gasteiger partial charge in [-0.3, -0.25) is 9.59 Å². The molecule has 10 nitrogen and oxygen atoms in total. The highest BCUT2D eigenvalue weighted by molar-refractivity contribution is 6.04. The van der Waals surface area contributed by atoms with Crippen molar-refractivity contribution in [1.82, 2.24) is 29.6 Å². The standard InChI is InChI=1S/C28H27F3N8O2/c1-32-24-22-23(16-4-6-17(7-5-16)26(40)36-21-13-19(10-11-33-21)28(29,30)31)37-39(25(22)35-15-34-24)20-3-2-12-38(14-20)27(41)18-8-9-18/h4-7,10-11,13,15,18,20H,2-3,8-9,12,14H2,1H3,(H,32,34,35)(H,33,36,40). The minimum Gasteiger partial charge on any atom is -0.372 e. The van der Waals surface area contributed by atoms with Crippen LogP contribution in [0.25, 0.3) is 22.3 Å². The van der Waals surface area contributed by atoms with Gasteiger partial charge in [0.25, 0.3) is 5.91 Å². The van der Waals surface area contributed by atoms with Crippen molar-refractivity contribution in [3.8, 4) is 11.3 Å². The molecular weight excluding hydrogens is 537 g/mol. The quantitative estimate of drug-likeness (QED) is 0.346. The highest BCUT2D eigenvalue weighted by atomic mass is 19.4. The number of anilines is 2. The molecule has 2 amide bonds. The van der Waals surface area contributed by atoms with Crippen molar-refractivity contribution < 1.29 is 22.8 Å². The molecule has 2 fully saturated rings. The summed E-state index contributed by atoms with van der Waals surface area (Å²) in [4.78, 5) is 40.2. The fourth-order valence-electron chi connectivity index (χ4n) is 5.21. The number of fused-ring (bicyclic) bond motifs is 1. The maximum Gasteiger partial charge on any atom is 0.416 e. The first-order chi connectivity index (χ1) is 19.7. The Hall–Kier alpha value is -4.55. The Morgan fingerprint density at radius 3 is 2.51 bits per heavy atom. The molecule has 1 saturated carbocycles. The lowest BCUT2D eigenvalue weighted by Crippen LogP contribution is -2.41. The fourth-order valence-corrected chi connectivity index (χ4v) is 5.21. The van der Waals surface area contributed by atoms with Crippen molar-refractivity contribution in [2.24, 2.45) is 5.92 Å². The summed E-state index contributed by atoms with van der Waals surface area (Å²) in [6.45, 7) is 1.31. The second-order valence-electron chi connectivity index (χ2n) is 10.3. The van der Waals surface area contributed by atoms with Crippen LogP contribution in [-0.2, 0) is 11.0 Å². The number of pyridine rings is 1. The third-order valence-electron chi connectivity index (χ3n) is 7.46. The van der Waals surface area contributed by atoms with Crippen LogP contribution in [0.3, 0.4) is 0 Å². The van der Waals surface area contributed by atoms with Crippen LogP contribution in [0.15, 0.2) is 48.9 Å². The molecular formula is C28H27F3N8O2. The lowest BCUT2D eigenvalue weighted by Gasteiger charge is -2.33. The summed E-state index contributed by atoms with van der Waals surface area (Å²) in [7, 11) is 1.76. The highest BCUT2D eigenvalue weighted by Crippen LogP contribution is 2.37. The van der Waals surface area contributed by atoms with Crippen molar-refractivity contribution in [1.29, 1.82) is 0 Å². The zero-order chi connectivity index (χ0) is 28.7. The summed E-state index contributed by atoms with van der Waals surface area (Å²) in [5, 5.41) is 11.2. The average Bonchev–Trinajstić information content (AvgIpc) is 3.76. The Balaban J connectivity index is 1.29. The van der Waals surface area contributed by atoms with E-state index >= 15 is 0 Å². The molecule has 4 aromatic rings. The minimum atomic E-state index is -4.55. The number of hydrogen-bond donors (Lipinski definition) is 2. The molecule has 1 aliphatic heterocycles. The zero-order valence-corrected chi connectivity index (χ0v) is 22.1. The zero-order valence-electron chi connectivity index (χ0n) is 22.1. The van der Waals surface area contributed by atoms with E-state index < -0.39 is 17.6 Å². The molecule has 3 aromatic heterocycles. The van der Waals surface area contributed by atoms with E-state index in [9.17, 15) is 22.8 Å². The fraction of sp³-hybridized carbons (Fsp3) is 0.357. The molecule has 1 aromatic carbocycles. The molecule has 0 spiro atoms. The molecule has 0 bridgehead atoms. The summed E-state index contributed by atoms with van der Waals surface area (Å²) < 4.78 is 41.0. The van der Waals surface area contributed by atoms with Crippen LogP contribution < -0.4 is 10.6 Å². The largest absolute Gasteiger partial charge is 0.416 e. The van der Waals surface area contributed by atoms with Crippen LogP contribution in [0.4, 0.5) is 24.8 Å². The van der Waals surface area contributed by atoms with Gasteiger partial charge in [-0.25, -0.2) is 19.6 Å². The van der Waals surface area contributed by atoms with E-state index in [-0.39, 0.29) is 29.2 Å². The van der Waals surface area contributed by atoms with Crippen molar-refractivity contribution in [2.45, 2.75) is 37.9 Å². The van der Waals surface area contributed by atoms with Gasteiger partial charge in [0.1, 0.15) is 23.7 Å². The average molecular weight is 565 g/mol. The number of amides is 2. The van der Waals surface area contributed by atoms with Crippen LogP contribution in [0.1, 0.15) is 47.6 Å². The number of likely N-dealkylation sites (tertiary alicyclic amines) is 1. The van der Waals surface area contributed by atoms with E-state index in [0.29, 0.717) is 34.7 Å². The van der Waals surface area contributed by atoms with E-state index in [4.69, 9.17) is 5.10 Å². The second-order valence-corrected chi connectivity index (χ2v) is 10.3. The summed E-state index contributed by atoms with van der Waals surface area (Å²) >= 11 is 0. The number of alkyl halides is 3. The summed E-state index contributed by atoms with van der Waals surface area (Å²) in [5.41, 5.74) is 1.30. The number of nitrogens with one attached hydrogen (secondary N) is 2. The molecule has 2 aliphatic rings. The van der Waals surface area contributed by atoms with Gasteiger partial charge in [0.2, 0.25) is 5.91 Å². The van der Waals surface area contributed by atoms with Crippen molar-refractivity contribution >= 4 is 34.5 Å². The topological polar surface area (TPSA) is 118 Å². The normalized spacial score (nSPS) is 17.5. The summed E-state index contributed by atoms with van der Waals surface area (Å²) in [6, 6.07) is 8.16. The van der Waals surface area contributed by atoms with Crippen LogP contribution in [0, 0.1) is 5.92 Å². The molecule has 1 atom stereocenters. The van der Waals surface area contributed by atoms with Gasteiger partial charge in [-0.2, -0.15) is 18.3 Å². The van der Waals surface area contributed by atoms with Gasteiger partial charge < -0.3 is 15.5 Å². The SMILES string of the molecule is CNc1ncnc2c1c(-c1ccc(C(=O)Nc3cc(C(F)(F)F)ccn3)cc1)nn2C1CCCN(C(=O)C2CC2)C1. The van der Waals surface area contributed by atoms with Crippen molar-refractivity contribution in [3.05, 3.63) is 60.0 Å². The third-order valence-corrected chi connectivity index (χ3v) is 7.46. The minimum absolute atomic E-state index is 0.0488. The van der Waals surface area contributed by atoms with Crippen molar-refractivity contribution in [3.63, 3.8) is 0 Å². The number of carbonyl (C=O) groups is 2. The molecule has 0 radical (unpaired) electrons. The Kier molecular flexibility index (Phi) is 6.80. The Bertz CT molecular complexity index is 1620. The number of aromatic nitrogens is 5. The van der Waals surface area contributed by atoms with Gasteiger partial charge in [-0.05, 0) is 49.9 Å². The van der Waals surface area contributed by atoms with Crippen LogP contribution in [0.5, 0.6) is 0 Å². The van der Waals surface area contributed by atoms with E-state index in [1.165, 1.54) is 6.33 Å². The number of rotatable bonds is 6. The number of halogens is 3. The summed E-state index contributed by atoms with van der Waals surface area (Å²) in [6.07, 6.45) is 1.56. The number of piperidine rings is 1. The first-order valence-electron chi connectivity index (χ1n) is 13.4. The Morgan fingerprint density at radius 1 is 1.02 bits per heavy atom. The lowest BCUT2D eigenvalue weighted by atomic mass is 10.1. The highest BCUT2D eigenvalue weighted by Gasteiger charge is 2.36. The van der Waals surface area contributed by atoms with E-state index in [1.54, 1.807) is 31.3 Å². The van der Waals surface area contributed by atoms with Gasteiger partial charge in [0.15, 0.2) is 5.65 Å². The van der Waals surface area contributed by atoms with Crippen LogP contribution in [-0.4, -0.2) is 61.6 Å². The molecule has 4 heterocycles. The number of carbonyl (C=O) groups excluding carboxylic acids is 2. The first-order valence-corrected chi connectivity index (χ1v) is 13.4. The maximum atomic E-state index is 13.0. The van der Waals surface area contributed by atoms with E-state index in [0.717, 1.165) is 50.6 Å². The molecule has 41 heavy (non-hydrogen) atoms. The van der Waals surface area contributed by atoms with Gasteiger partial charge >= 0.3 is 6.18 Å². The molecule has 13 heteroatoms. The third kappa shape index (κ3) is 5.31. The summed E-state index contributed by atoms with van der Waals surface area (Å²) in [5.74, 6) is 0.162. The van der Waals surface area contributed by atoms with Gasteiger partial charge in [-0.15, -0.1) is 0 Å². The molecule has 1 unspecified atom stereocenters. The van der Waals surface area contributed by atoms with Crippen LogP contribution in [0.2, 0.25) is 0 Å². The lowest BCUT2D eigenvalue weighted by molar-refractivity contribution is -0.137. The predicted molar refractivity (Wildman–Crippen MR) is 145 cm³/mol. The first kappa shape index (κ1) is 26.7. The molecule has 1 aliphatic carbocycles. The molecule has 2 N–H and O–H groups in total. The number of hydrogen-bond acceptors (Lipinski definition) is 7. The Labute approximate surface area is 233 Å². The van der Waals surface area contributed by atoms with Gasteiger partial charge in [0.05, 0.1) is 17.0 Å². The number of nitrogens with zero attached hydrogens (tertiary/aromatic N) is 6. The van der Waals surface area contributed by atoms with Gasteiger partial charge in [-0.1, -0.05) is 12.1 Å². The maximum absolute atomic E-state index is 13.0. The van der Waals surface area contributed by atoms with Crippen LogP contribution >= 0.6 is 0 Å². The second kappa shape index (κ2) is 10.5. The molecule has 212 valence electrons. The van der Waals surface area contributed by atoms with Gasteiger partial charge in [0, 0.05) is 43.4 Å². The molecule has 6 rings (SSSR count). The smallest absolute Gasteiger partial charge is 0.372 e. The Morgan fingerprint density at radius 2 is 1.80 bits per heavy atom. The number of benzene rings is 1. The predicted octanol–water partition coefficient (Wildman–Crippen LogP) is 4.77. The van der Waals surface area contributed by atoms with E-state index in [2.05, 4.69) is 25.6 Å².